The first-order valence-electron chi connectivity index (χ1n) is 7.19. The van der Waals surface area contributed by atoms with Gasteiger partial charge >= 0.3 is 0 Å². The third-order valence-electron chi connectivity index (χ3n) is 3.18. The Hall–Kier alpha value is -1.30. The van der Waals surface area contributed by atoms with Gasteiger partial charge in [0.15, 0.2) is 0 Å². The Bertz CT molecular complexity index is 597. The van der Waals surface area contributed by atoms with E-state index in [-0.39, 0.29) is 6.61 Å². The maximum atomic E-state index is 11.3. The molecule has 3 nitrogen and oxygen atoms in total. The highest BCUT2D eigenvalue weighted by Gasteiger charge is 1.99. The van der Waals surface area contributed by atoms with E-state index in [0.29, 0.717) is 0 Å². The monoisotopic (exact) mass is 335 g/mol. The summed E-state index contributed by atoms with van der Waals surface area (Å²) < 4.78 is 11.3. The normalized spacial score (nSPS) is 12.1. The highest BCUT2D eigenvalue weighted by atomic mass is 32.2. The number of aliphatic hydroxyl groups excluding tert-OH is 1. The van der Waals surface area contributed by atoms with E-state index in [1.54, 1.807) is 18.0 Å². The molecule has 2 rings (SSSR count). The van der Waals surface area contributed by atoms with Gasteiger partial charge in [0.2, 0.25) is 0 Å². The molecule has 0 aliphatic rings. The summed E-state index contributed by atoms with van der Waals surface area (Å²) in [6, 6.07) is 16.1. The Kier molecular flexibility index (Phi) is 6.96. The van der Waals surface area contributed by atoms with Crippen molar-refractivity contribution in [3.63, 3.8) is 0 Å². The quantitative estimate of drug-likeness (QED) is 0.572. The van der Waals surface area contributed by atoms with Crippen LogP contribution in [0.4, 0.5) is 5.69 Å². The van der Waals surface area contributed by atoms with E-state index in [4.69, 9.17) is 5.11 Å². The van der Waals surface area contributed by atoms with E-state index in [9.17, 15) is 4.21 Å². The van der Waals surface area contributed by atoms with Gasteiger partial charge in [-0.3, -0.25) is 4.21 Å². The topological polar surface area (TPSA) is 49.3 Å². The zero-order valence-corrected chi connectivity index (χ0v) is 14.3. The summed E-state index contributed by atoms with van der Waals surface area (Å²) in [7, 11) is -0.922. The lowest BCUT2D eigenvalue weighted by Crippen LogP contribution is -1.99. The van der Waals surface area contributed by atoms with E-state index >= 15 is 0 Å². The molecule has 2 N–H and O–H groups in total. The molecular formula is C17H21NO2S2. The second-order valence-corrected chi connectivity index (χ2v) is 7.45. The number of aliphatic hydroxyl groups is 1. The molecule has 118 valence electrons. The molecule has 0 radical (unpaired) electrons. The largest absolute Gasteiger partial charge is 0.396 e. The average molecular weight is 335 g/mol. The molecule has 5 heteroatoms. The summed E-state index contributed by atoms with van der Waals surface area (Å²) in [4.78, 5) is 2.07. The zero-order chi connectivity index (χ0) is 15.8. The van der Waals surface area contributed by atoms with Crippen LogP contribution in [0.3, 0.4) is 0 Å². The van der Waals surface area contributed by atoms with Gasteiger partial charge < -0.3 is 10.4 Å². The fourth-order valence-electron chi connectivity index (χ4n) is 1.93. The molecule has 0 spiro atoms. The van der Waals surface area contributed by atoms with Crippen molar-refractivity contribution in [2.24, 2.45) is 0 Å². The molecule has 0 aliphatic heterocycles. The van der Waals surface area contributed by atoms with E-state index in [2.05, 4.69) is 29.6 Å². The first-order chi connectivity index (χ1) is 10.7. The number of hydrogen-bond acceptors (Lipinski definition) is 4. The summed E-state index contributed by atoms with van der Waals surface area (Å²) in [5.41, 5.74) is 2.24. The highest BCUT2D eigenvalue weighted by molar-refractivity contribution is 7.99. The summed E-state index contributed by atoms with van der Waals surface area (Å²) >= 11 is 1.76. The van der Waals surface area contributed by atoms with Crippen LogP contribution in [0.15, 0.2) is 58.3 Å². The van der Waals surface area contributed by atoms with Gasteiger partial charge in [-0.2, -0.15) is 0 Å². The van der Waals surface area contributed by atoms with Crippen LogP contribution in [0.5, 0.6) is 0 Å². The summed E-state index contributed by atoms with van der Waals surface area (Å²) in [5.74, 6) is 0.939. The predicted molar refractivity (Wildman–Crippen MR) is 95.0 cm³/mol. The van der Waals surface area contributed by atoms with E-state index in [0.717, 1.165) is 34.9 Å². The maximum Gasteiger partial charge on any atom is 0.0498 e. The minimum Gasteiger partial charge on any atom is -0.396 e. The Morgan fingerprint density at radius 2 is 1.77 bits per heavy atom. The van der Waals surface area contributed by atoms with Gasteiger partial charge in [-0.15, -0.1) is 11.8 Å². The lowest BCUT2D eigenvalue weighted by molar-refractivity contribution is 0.296. The van der Waals surface area contributed by atoms with Gasteiger partial charge in [0.1, 0.15) is 0 Å². The number of thioether (sulfide) groups is 1. The van der Waals surface area contributed by atoms with E-state index in [1.807, 2.05) is 24.3 Å². The fraction of sp³-hybridized carbons (Fsp3) is 0.294. The zero-order valence-electron chi connectivity index (χ0n) is 12.6. The van der Waals surface area contributed by atoms with E-state index < -0.39 is 10.8 Å². The Balaban J connectivity index is 1.84. The van der Waals surface area contributed by atoms with Crippen LogP contribution >= 0.6 is 11.8 Å². The third-order valence-corrected chi connectivity index (χ3v) is 5.21. The second-order valence-electron chi connectivity index (χ2n) is 4.90. The van der Waals surface area contributed by atoms with Crippen molar-refractivity contribution in [3.8, 4) is 0 Å². The van der Waals surface area contributed by atoms with Crippen LogP contribution in [0.25, 0.3) is 0 Å². The molecule has 0 aliphatic carbocycles. The molecule has 2 aromatic rings. The first-order valence-corrected chi connectivity index (χ1v) is 9.73. The van der Waals surface area contributed by atoms with Crippen molar-refractivity contribution >= 4 is 28.2 Å². The lowest BCUT2D eigenvalue weighted by Gasteiger charge is -2.08. The Morgan fingerprint density at radius 3 is 2.36 bits per heavy atom. The number of anilines is 1. The molecule has 0 fully saturated rings. The molecule has 0 heterocycles. The molecule has 1 unspecified atom stereocenters. The van der Waals surface area contributed by atoms with Crippen LogP contribution in [-0.2, 0) is 17.3 Å². The minimum atomic E-state index is -0.922. The Labute approximate surface area is 138 Å². The Morgan fingerprint density at radius 1 is 1.09 bits per heavy atom. The fourth-order valence-corrected chi connectivity index (χ4v) is 3.28. The standard InChI is InChI=1S/C17H21NO2S2/c1-22(20)17-9-3-14(4-10-17)13-18-15-5-7-16(8-6-15)21-12-2-11-19/h3-10,18-19H,2,11-13H2,1H3. The van der Waals surface area contributed by atoms with Crippen LogP contribution in [0.2, 0.25) is 0 Å². The van der Waals surface area contributed by atoms with Crippen molar-refractivity contribution in [1.82, 2.24) is 0 Å². The van der Waals surface area contributed by atoms with Gasteiger partial charge in [-0.25, -0.2) is 0 Å². The molecular weight excluding hydrogens is 314 g/mol. The molecule has 2 aromatic carbocycles. The first kappa shape index (κ1) is 17.1. The number of benzene rings is 2. The molecule has 0 bridgehead atoms. The number of rotatable bonds is 8. The van der Waals surface area contributed by atoms with Crippen molar-refractivity contribution in [2.75, 3.05) is 23.9 Å². The van der Waals surface area contributed by atoms with Crippen molar-refractivity contribution in [3.05, 3.63) is 54.1 Å². The highest BCUT2D eigenvalue weighted by Crippen LogP contribution is 2.21. The van der Waals surface area contributed by atoms with E-state index in [1.165, 1.54) is 4.90 Å². The maximum absolute atomic E-state index is 11.3. The van der Waals surface area contributed by atoms with Crippen molar-refractivity contribution in [2.45, 2.75) is 22.8 Å². The summed E-state index contributed by atoms with van der Waals surface area (Å²) in [5, 5.41) is 12.2. The minimum absolute atomic E-state index is 0.247. The van der Waals surface area contributed by atoms with Gasteiger partial charge in [0, 0.05) is 51.4 Å². The predicted octanol–water partition coefficient (Wildman–Crippen LogP) is 3.51. The molecule has 0 saturated heterocycles. The van der Waals surface area contributed by atoms with Crippen LogP contribution in [0, 0.1) is 0 Å². The molecule has 22 heavy (non-hydrogen) atoms. The van der Waals surface area contributed by atoms with Crippen LogP contribution in [-0.4, -0.2) is 27.9 Å². The third kappa shape index (κ3) is 5.48. The average Bonchev–Trinajstić information content (AvgIpc) is 2.55. The van der Waals surface area contributed by atoms with Crippen LogP contribution in [0.1, 0.15) is 12.0 Å². The molecule has 0 saturated carbocycles. The van der Waals surface area contributed by atoms with Crippen molar-refractivity contribution < 1.29 is 9.32 Å². The second kappa shape index (κ2) is 8.98. The smallest absolute Gasteiger partial charge is 0.0498 e. The molecule has 0 amide bonds. The molecule has 1 atom stereocenters. The summed E-state index contributed by atoms with van der Waals surface area (Å²) in [6.07, 6.45) is 2.51. The SMILES string of the molecule is CS(=O)c1ccc(CNc2ccc(SCCCO)cc2)cc1. The lowest BCUT2D eigenvalue weighted by atomic mass is 10.2. The van der Waals surface area contributed by atoms with Gasteiger partial charge in [-0.1, -0.05) is 12.1 Å². The van der Waals surface area contributed by atoms with Crippen molar-refractivity contribution in [1.29, 1.82) is 0 Å². The van der Waals surface area contributed by atoms with Gasteiger partial charge in [0.25, 0.3) is 0 Å². The van der Waals surface area contributed by atoms with Gasteiger partial charge in [-0.05, 0) is 48.4 Å². The number of nitrogens with one attached hydrogen (secondary N) is 1. The van der Waals surface area contributed by atoms with Gasteiger partial charge in [0.05, 0.1) is 0 Å². The molecule has 0 aromatic heterocycles. The number of hydrogen-bond donors (Lipinski definition) is 2. The summed E-state index contributed by atoms with van der Waals surface area (Å²) in [6.45, 7) is 0.991. The van der Waals surface area contributed by atoms with Crippen LogP contribution < -0.4 is 5.32 Å².